The average Bonchev–Trinajstić information content (AvgIpc) is 3.05. The zero-order chi connectivity index (χ0) is 15.4. The largest absolute Gasteiger partial charge is 0.478 e. The standard InChI is InChI=1S/C11H7N3O6S/c15-9(16)4-1-6-5-12-11(21-6)13-10(17)7-2-3-8(20-7)14(18)19/h1-5H,(H,15,16)(H,12,13,17). The third kappa shape index (κ3) is 3.73. The van der Waals surface area contributed by atoms with Gasteiger partial charge in [0.15, 0.2) is 10.9 Å². The van der Waals surface area contributed by atoms with E-state index in [1.807, 2.05) is 0 Å². The number of hydrogen-bond donors (Lipinski definition) is 2. The molecule has 2 N–H and O–H groups in total. The summed E-state index contributed by atoms with van der Waals surface area (Å²) in [6.07, 6.45) is 3.65. The molecule has 2 aromatic rings. The Balaban J connectivity index is 2.05. The molecule has 2 heterocycles. The number of carbonyl (C=O) groups excluding carboxylic acids is 1. The Morgan fingerprint density at radius 2 is 2.24 bits per heavy atom. The van der Waals surface area contributed by atoms with Gasteiger partial charge in [-0.15, -0.1) is 0 Å². The maximum absolute atomic E-state index is 11.8. The van der Waals surface area contributed by atoms with Gasteiger partial charge in [-0.05, 0) is 12.1 Å². The Morgan fingerprint density at radius 1 is 1.48 bits per heavy atom. The van der Waals surface area contributed by atoms with Crippen LogP contribution in [0.25, 0.3) is 6.08 Å². The number of carboxylic acids is 1. The van der Waals surface area contributed by atoms with Crippen molar-refractivity contribution >= 4 is 40.3 Å². The van der Waals surface area contributed by atoms with Gasteiger partial charge in [0.2, 0.25) is 0 Å². The minimum Gasteiger partial charge on any atom is -0.478 e. The lowest BCUT2D eigenvalue weighted by Gasteiger charge is -1.96. The summed E-state index contributed by atoms with van der Waals surface area (Å²) in [5.74, 6) is -2.55. The van der Waals surface area contributed by atoms with Crippen molar-refractivity contribution in [3.63, 3.8) is 0 Å². The van der Waals surface area contributed by atoms with Crippen molar-refractivity contribution in [2.75, 3.05) is 5.32 Å². The van der Waals surface area contributed by atoms with Crippen molar-refractivity contribution in [3.8, 4) is 0 Å². The number of aromatic nitrogens is 1. The maximum atomic E-state index is 11.8. The molecular weight excluding hydrogens is 302 g/mol. The summed E-state index contributed by atoms with van der Waals surface area (Å²) in [6, 6.07) is 2.24. The SMILES string of the molecule is O=C(O)C=Cc1cnc(NC(=O)c2ccc([N+](=O)[O-])o2)s1. The van der Waals surface area contributed by atoms with Crippen LogP contribution in [0.3, 0.4) is 0 Å². The van der Waals surface area contributed by atoms with Crippen molar-refractivity contribution in [3.05, 3.63) is 45.2 Å². The van der Waals surface area contributed by atoms with Crippen LogP contribution in [0.5, 0.6) is 0 Å². The number of thiazole rings is 1. The van der Waals surface area contributed by atoms with Gasteiger partial charge in [-0.1, -0.05) is 11.3 Å². The topological polar surface area (TPSA) is 136 Å². The van der Waals surface area contributed by atoms with Crippen molar-refractivity contribution in [2.24, 2.45) is 0 Å². The lowest BCUT2D eigenvalue weighted by Crippen LogP contribution is -2.10. The van der Waals surface area contributed by atoms with Gasteiger partial charge in [-0.2, -0.15) is 0 Å². The summed E-state index contributed by atoms with van der Waals surface area (Å²) in [6.45, 7) is 0. The van der Waals surface area contributed by atoms with E-state index in [1.165, 1.54) is 18.3 Å². The summed E-state index contributed by atoms with van der Waals surface area (Å²) < 4.78 is 4.74. The van der Waals surface area contributed by atoms with Crippen LogP contribution in [0.1, 0.15) is 15.4 Å². The molecule has 10 heteroatoms. The second-order valence-corrected chi connectivity index (χ2v) is 4.65. The lowest BCUT2D eigenvalue weighted by atomic mass is 10.4. The fourth-order valence-corrected chi connectivity index (χ4v) is 2.00. The van der Waals surface area contributed by atoms with Crippen molar-refractivity contribution in [2.45, 2.75) is 0 Å². The molecule has 9 nitrogen and oxygen atoms in total. The molecule has 0 aliphatic rings. The maximum Gasteiger partial charge on any atom is 0.433 e. The Hall–Kier alpha value is -3.01. The quantitative estimate of drug-likeness (QED) is 0.489. The molecular formula is C11H7N3O6S. The fraction of sp³-hybridized carbons (Fsp3) is 0. The first-order chi connectivity index (χ1) is 9.95. The van der Waals surface area contributed by atoms with Gasteiger partial charge in [-0.25, -0.2) is 9.78 Å². The number of carbonyl (C=O) groups is 2. The zero-order valence-corrected chi connectivity index (χ0v) is 11.0. The first-order valence-electron chi connectivity index (χ1n) is 5.38. The number of aliphatic carboxylic acids is 1. The van der Waals surface area contributed by atoms with Crippen LogP contribution in [0.2, 0.25) is 0 Å². The van der Waals surface area contributed by atoms with Crippen LogP contribution in [-0.2, 0) is 4.79 Å². The van der Waals surface area contributed by atoms with E-state index in [0.717, 1.165) is 23.5 Å². The normalized spacial score (nSPS) is 10.7. The van der Waals surface area contributed by atoms with Crippen molar-refractivity contribution in [1.82, 2.24) is 4.98 Å². The van der Waals surface area contributed by atoms with E-state index < -0.39 is 22.7 Å². The first-order valence-corrected chi connectivity index (χ1v) is 6.20. The van der Waals surface area contributed by atoms with Crippen LogP contribution in [0.4, 0.5) is 11.0 Å². The molecule has 0 bridgehead atoms. The highest BCUT2D eigenvalue weighted by Crippen LogP contribution is 2.21. The highest BCUT2D eigenvalue weighted by molar-refractivity contribution is 7.16. The van der Waals surface area contributed by atoms with Gasteiger partial charge in [0, 0.05) is 17.2 Å². The predicted octanol–water partition coefficient (Wildman–Crippen LogP) is 1.99. The molecule has 0 unspecified atom stereocenters. The van der Waals surface area contributed by atoms with E-state index in [4.69, 9.17) is 9.52 Å². The van der Waals surface area contributed by atoms with Gasteiger partial charge >= 0.3 is 11.9 Å². The molecule has 0 fully saturated rings. The number of hydrogen-bond acceptors (Lipinski definition) is 7. The molecule has 0 atom stereocenters. The first kappa shape index (κ1) is 14.4. The van der Waals surface area contributed by atoms with Gasteiger partial charge in [0.25, 0.3) is 5.91 Å². The van der Waals surface area contributed by atoms with Crippen molar-refractivity contribution in [1.29, 1.82) is 0 Å². The second kappa shape index (κ2) is 5.96. The molecule has 0 saturated carbocycles. The molecule has 0 aliphatic heterocycles. The highest BCUT2D eigenvalue weighted by atomic mass is 32.1. The number of carboxylic acid groups (broad SMARTS) is 1. The highest BCUT2D eigenvalue weighted by Gasteiger charge is 2.18. The summed E-state index contributed by atoms with van der Waals surface area (Å²) in [4.78, 5) is 36.2. The van der Waals surface area contributed by atoms with Gasteiger partial charge in [0.1, 0.15) is 4.92 Å². The number of anilines is 1. The van der Waals surface area contributed by atoms with E-state index in [1.54, 1.807) is 0 Å². The zero-order valence-electron chi connectivity index (χ0n) is 10.2. The van der Waals surface area contributed by atoms with Crippen LogP contribution in [0, 0.1) is 10.1 Å². The second-order valence-electron chi connectivity index (χ2n) is 3.59. The van der Waals surface area contributed by atoms with Gasteiger partial charge in [-0.3, -0.25) is 20.2 Å². The third-order valence-corrected chi connectivity index (χ3v) is 3.01. The summed E-state index contributed by atoms with van der Waals surface area (Å²) in [7, 11) is 0. The minimum atomic E-state index is -1.10. The van der Waals surface area contributed by atoms with E-state index in [9.17, 15) is 19.7 Å². The molecule has 0 aromatic carbocycles. The fourth-order valence-electron chi connectivity index (χ4n) is 1.28. The Kier molecular flexibility index (Phi) is 4.09. The summed E-state index contributed by atoms with van der Waals surface area (Å²) in [5.41, 5.74) is 0. The molecule has 2 aromatic heterocycles. The number of nitrogens with one attached hydrogen (secondary N) is 1. The van der Waals surface area contributed by atoms with E-state index in [2.05, 4.69) is 10.3 Å². The predicted molar refractivity (Wildman–Crippen MR) is 72.1 cm³/mol. The number of amides is 1. The average molecular weight is 309 g/mol. The van der Waals surface area contributed by atoms with Crippen molar-refractivity contribution < 1.29 is 24.0 Å². The van der Waals surface area contributed by atoms with Crippen LogP contribution < -0.4 is 5.32 Å². The molecule has 1 amide bonds. The summed E-state index contributed by atoms with van der Waals surface area (Å²) >= 11 is 1.04. The Morgan fingerprint density at radius 3 is 2.86 bits per heavy atom. The smallest absolute Gasteiger partial charge is 0.433 e. The number of nitro groups is 1. The summed E-state index contributed by atoms with van der Waals surface area (Å²) in [5, 5.41) is 21.5. The van der Waals surface area contributed by atoms with E-state index in [0.29, 0.717) is 4.88 Å². The van der Waals surface area contributed by atoms with Crippen LogP contribution in [0.15, 0.2) is 28.8 Å². The molecule has 108 valence electrons. The third-order valence-electron chi connectivity index (χ3n) is 2.13. The molecule has 0 radical (unpaired) electrons. The van der Waals surface area contributed by atoms with E-state index in [-0.39, 0.29) is 10.9 Å². The van der Waals surface area contributed by atoms with Gasteiger partial charge in [0.05, 0.1) is 6.07 Å². The molecule has 21 heavy (non-hydrogen) atoms. The Bertz CT molecular complexity index is 732. The van der Waals surface area contributed by atoms with E-state index >= 15 is 0 Å². The van der Waals surface area contributed by atoms with Crippen LogP contribution >= 0.6 is 11.3 Å². The monoisotopic (exact) mass is 309 g/mol. The molecule has 0 aliphatic carbocycles. The lowest BCUT2D eigenvalue weighted by molar-refractivity contribution is -0.402. The molecule has 0 spiro atoms. The minimum absolute atomic E-state index is 0.212. The molecule has 2 rings (SSSR count). The molecule has 0 saturated heterocycles. The Labute approximate surface area is 120 Å². The van der Waals surface area contributed by atoms with Crippen LogP contribution in [-0.4, -0.2) is 26.9 Å². The number of furan rings is 1. The number of nitrogens with zero attached hydrogens (tertiary/aromatic N) is 2. The van der Waals surface area contributed by atoms with Gasteiger partial charge < -0.3 is 9.52 Å². The number of rotatable bonds is 5.